The van der Waals surface area contributed by atoms with Crippen LogP contribution in [0.15, 0.2) is 18.2 Å². The second kappa shape index (κ2) is 4.87. The molecule has 1 saturated heterocycles. The first-order chi connectivity index (χ1) is 8.06. The Hall–Kier alpha value is -0.730. The molecule has 0 aliphatic carbocycles. The zero-order chi connectivity index (χ0) is 12.5. The molecule has 0 radical (unpaired) electrons. The molecular formula is C14H21ClN2. The standard InChI is InChI=1S/C14H21ClN2/c1-4-14(3)10-17(9-8-16-14)13-7-5-6-12(15)11(13)2/h5-7,16H,4,8-10H2,1-3H3. The van der Waals surface area contributed by atoms with Gasteiger partial charge in [-0.3, -0.25) is 0 Å². The van der Waals surface area contributed by atoms with Crippen molar-refractivity contribution in [2.75, 3.05) is 24.5 Å². The Bertz CT molecular complexity index is 405. The minimum absolute atomic E-state index is 0.215. The average Bonchev–Trinajstić information content (AvgIpc) is 2.33. The average molecular weight is 253 g/mol. The van der Waals surface area contributed by atoms with Crippen molar-refractivity contribution in [3.8, 4) is 0 Å². The van der Waals surface area contributed by atoms with E-state index in [0.717, 1.165) is 31.1 Å². The molecule has 0 saturated carbocycles. The number of rotatable bonds is 2. The number of hydrogen-bond acceptors (Lipinski definition) is 2. The molecule has 0 spiro atoms. The SMILES string of the molecule is CCC1(C)CN(c2cccc(Cl)c2C)CCN1. The molecule has 1 heterocycles. The maximum absolute atomic E-state index is 6.20. The number of hydrogen-bond donors (Lipinski definition) is 1. The van der Waals surface area contributed by atoms with Crippen molar-refractivity contribution in [3.63, 3.8) is 0 Å². The lowest BCUT2D eigenvalue weighted by molar-refractivity contribution is 0.314. The number of halogens is 1. The molecule has 1 aromatic rings. The predicted molar refractivity (Wildman–Crippen MR) is 75.1 cm³/mol. The summed E-state index contributed by atoms with van der Waals surface area (Å²) in [6.45, 7) is 9.76. The third kappa shape index (κ3) is 2.58. The fourth-order valence-electron chi connectivity index (χ4n) is 2.43. The second-order valence-corrected chi connectivity index (χ2v) is 5.55. The van der Waals surface area contributed by atoms with Gasteiger partial charge in [-0.1, -0.05) is 24.6 Å². The fourth-order valence-corrected chi connectivity index (χ4v) is 2.60. The van der Waals surface area contributed by atoms with Gasteiger partial charge in [0.05, 0.1) is 0 Å². The number of benzene rings is 1. The van der Waals surface area contributed by atoms with Crippen LogP contribution in [0.2, 0.25) is 5.02 Å². The highest BCUT2D eigenvalue weighted by atomic mass is 35.5. The largest absolute Gasteiger partial charge is 0.368 e. The summed E-state index contributed by atoms with van der Waals surface area (Å²) in [4.78, 5) is 2.45. The van der Waals surface area contributed by atoms with Gasteiger partial charge in [-0.15, -0.1) is 0 Å². The maximum Gasteiger partial charge on any atom is 0.0455 e. The van der Waals surface area contributed by atoms with E-state index in [1.54, 1.807) is 0 Å². The van der Waals surface area contributed by atoms with E-state index in [9.17, 15) is 0 Å². The minimum atomic E-state index is 0.215. The van der Waals surface area contributed by atoms with Gasteiger partial charge in [0.1, 0.15) is 0 Å². The van der Waals surface area contributed by atoms with Crippen LogP contribution in [0.5, 0.6) is 0 Å². The summed E-state index contributed by atoms with van der Waals surface area (Å²) in [7, 11) is 0. The van der Waals surface area contributed by atoms with Gasteiger partial charge in [0.15, 0.2) is 0 Å². The second-order valence-electron chi connectivity index (χ2n) is 5.15. The van der Waals surface area contributed by atoms with E-state index in [0.29, 0.717) is 0 Å². The number of nitrogens with one attached hydrogen (secondary N) is 1. The Morgan fingerprint density at radius 2 is 2.24 bits per heavy atom. The van der Waals surface area contributed by atoms with Crippen molar-refractivity contribution in [3.05, 3.63) is 28.8 Å². The van der Waals surface area contributed by atoms with Gasteiger partial charge >= 0.3 is 0 Å². The van der Waals surface area contributed by atoms with E-state index in [-0.39, 0.29) is 5.54 Å². The number of piperazine rings is 1. The van der Waals surface area contributed by atoms with E-state index >= 15 is 0 Å². The third-order valence-electron chi connectivity index (χ3n) is 3.83. The molecule has 94 valence electrons. The molecule has 1 atom stereocenters. The molecule has 1 N–H and O–H groups in total. The van der Waals surface area contributed by atoms with Crippen LogP contribution in [-0.4, -0.2) is 25.2 Å². The Morgan fingerprint density at radius 1 is 1.47 bits per heavy atom. The fraction of sp³-hybridized carbons (Fsp3) is 0.571. The highest BCUT2D eigenvalue weighted by molar-refractivity contribution is 6.31. The lowest BCUT2D eigenvalue weighted by Crippen LogP contribution is -2.58. The molecule has 3 heteroatoms. The van der Waals surface area contributed by atoms with Gasteiger partial charge in [0, 0.05) is 35.9 Å². The summed E-state index contributed by atoms with van der Waals surface area (Å²) < 4.78 is 0. The van der Waals surface area contributed by atoms with Crippen molar-refractivity contribution >= 4 is 17.3 Å². The molecular weight excluding hydrogens is 232 g/mol. The van der Waals surface area contributed by atoms with E-state index in [2.05, 4.69) is 37.1 Å². The molecule has 1 unspecified atom stereocenters. The first-order valence-corrected chi connectivity index (χ1v) is 6.68. The Morgan fingerprint density at radius 3 is 2.94 bits per heavy atom. The molecule has 1 aliphatic heterocycles. The summed E-state index contributed by atoms with van der Waals surface area (Å²) in [5.41, 5.74) is 2.68. The van der Waals surface area contributed by atoms with Gasteiger partial charge in [-0.25, -0.2) is 0 Å². The van der Waals surface area contributed by atoms with Crippen LogP contribution < -0.4 is 10.2 Å². The van der Waals surface area contributed by atoms with Gasteiger partial charge in [0.25, 0.3) is 0 Å². The predicted octanol–water partition coefficient (Wildman–Crippen LogP) is 3.23. The van der Waals surface area contributed by atoms with Gasteiger partial charge in [-0.2, -0.15) is 0 Å². The van der Waals surface area contributed by atoms with E-state index in [1.165, 1.54) is 11.3 Å². The van der Waals surface area contributed by atoms with Crippen LogP contribution in [0.4, 0.5) is 5.69 Å². The number of anilines is 1. The quantitative estimate of drug-likeness (QED) is 0.870. The van der Waals surface area contributed by atoms with E-state index in [4.69, 9.17) is 11.6 Å². The molecule has 2 nitrogen and oxygen atoms in total. The van der Waals surface area contributed by atoms with Crippen LogP contribution in [0, 0.1) is 6.92 Å². The molecule has 0 aromatic heterocycles. The molecule has 2 rings (SSSR count). The summed E-state index contributed by atoms with van der Waals surface area (Å²) in [5, 5.41) is 4.46. The Kier molecular flexibility index (Phi) is 3.64. The Balaban J connectivity index is 2.25. The van der Waals surface area contributed by atoms with Crippen LogP contribution in [-0.2, 0) is 0 Å². The summed E-state index contributed by atoms with van der Waals surface area (Å²) >= 11 is 6.20. The molecule has 17 heavy (non-hydrogen) atoms. The first kappa shape index (κ1) is 12.7. The highest BCUT2D eigenvalue weighted by Crippen LogP contribution is 2.29. The van der Waals surface area contributed by atoms with Gasteiger partial charge in [-0.05, 0) is 38.0 Å². The maximum atomic E-state index is 6.20. The zero-order valence-electron chi connectivity index (χ0n) is 10.9. The van der Waals surface area contributed by atoms with Crippen molar-refractivity contribution in [2.24, 2.45) is 0 Å². The van der Waals surface area contributed by atoms with Crippen LogP contribution >= 0.6 is 11.6 Å². The third-order valence-corrected chi connectivity index (χ3v) is 4.24. The number of nitrogens with zero attached hydrogens (tertiary/aromatic N) is 1. The lowest BCUT2D eigenvalue weighted by Gasteiger charge is -2.42. The Labute approximate surface area is 109 Å². The first-order valence-electron chi connectivity index (χ1n) is 6.31. The molecule has 1 aromatic carbocycles. The van der Waals surface area contributed by atoms with Gasteiger partial charge in [0.2, 0.25) is 0 Å². The van der Waals surface area contributed by atoms with Crippen LogP contribution in [0.25, 0.3) is 0 Å². The van der Waals surface area contributed by atoms with E-state index in [1.807, 2.05) is 12.1 Å². The zero-order valence-corrected chi connectivity index (χ0v) is 11.6. The van der Waals surface area contributed by atoms with Crippen molar-refractivity contribution in [2.45, 2.75) is 32.7 Å². The molecule has 1 fully saturated rings. The summed E-state index contributed by atoms with van der Waals surface area (Å²) in [6.07, 6.45) is 1.14. The normalized spacial score (nSPS) is 25.1. The topological polar surface area (TPSA) is 15.3 Å². The molecule has 0 amide bonds. The highest BCUT2D eigenvalue weighted by Gasteiger charge is 2.29. The van der Waals surface area contributed by atoms with Crippen LogP contribution in [0.3, 0.4) is 0 Å². The van der Waals surface area contributed by atoms with Gasteiger partial charge < -0.3 is 10.2 Å². The van der Waals surface area contributed by atoms with Crippen molar-refractivity contribution in [1.82, 2.24) is 5.32 Å². The van der Waals surface area contributed by atoms with Crippen molar-refractivity contribution < 1.29 is 0 Å². The lowest BCUT2D eigenvalue weighted by atomic mass is 9.95. The van der Waals surface area contributed by atoms with Crippen LogP contribution in [0.1, 0.15) is 25.8 Å². The summed E-state index contributed by atoms with van der Waals surface area (Å²) in [5.74, 6) is 0. The smallest absolute Gasteiger partial charge is 0.0455 e. The minimum Gasteiger partial charge on any atom is -0.368 e. The summed E-state index contributed by atoms with van der Waals surface area (Å²) in [6, 6.07) is 6.17. The van der Waals surface area contributed by atoms with E-state index < -0.39 is 0 Å². The van der Waals surface area contributed by atoms with Crippen molar-refractivity contribution in [1.29, 1.82) is 0 Å². The molecule has 1 aliphatic rings. The molecule has 0 bridgehead atoms. The monoisotopic (exact) mass is 252 g/mol.